The van der Waals surface area contributed by atoms with E-state index in [0.29, 0.717) is 5.92 Å². The molecule has 4 heteroatoms. The molecule has 16 heavy (non-hydrogen) atoms. The second kappa shape index (κ2) is 10.7. The van der Waals surface area contributed by atoms with E-state index in [9.17, 15) is 4.79 Å². The minimum atomic E-state index is -0.122. The van der Waals surface area contributed by atoms with Crippen molar-refractivity contribution in [3.63, 3.8) is 0 Å². The van der Waals surface area contributed by atoms with Gasteiger partial charge in [-0.2, -0.15) is 0 Å². The predicted molar refractivity (Wildman–Crippen MR) is 68.1 cm³/mol. The molecule has 0 aliphatic heterocycles. The van der Waals surface area contributed by atoms with Gasteiger partial charge in [0.1, 0.15) is 0 Å². The summed E-state index contributed by atoms with van der Waals surface area (Å²) in [4.78, 5) is 11.3. The molecule has 0 aromatic carbocycles. The Kier molecular flexibility index (Phi) is 10.2. The van der Waals surface area contributed by atoms with Crippen LogP contribution in [0.5, 0.6) is 0 Å². The van der Waals surface area contributed by atoms with Gasteiger partial charge in [0.25, 0.3) is 0 Å². The number of carbonyl (C=O) groups excluding carboxylic acids is 1. The van der Waals surface area contributed by atoms with Crippen LogP contribution < -0.4 is 16.2 Å². The number of urea groups is 1. The summed E-state index contributed by atoms with van der Waals surface area (Å²) in [6, 6.07) is -0.122. The topological polar surface area (TPSA) is 53.2 Å². The smallest absolute Gasteiger partial charge is 0.329 e. The first-order valence-electron chi connectivity index (χ1n) is 6.51. The van der Waals surface area contributed by atoms with Gasteiger partial charge in [-0.25, -0.2) is 10.2 Å². The second-order valence-electron chi connectivity index (χ2n) is 4.18. The SMILES string of the molecule is CCCCC(CC)CNC(=O)NNCCC. The molecule has 0 rings (SSSR count). The van der Waals surface area contributed by atoms with Crippen molar-refractivity contribution in [2.45, 2.75) is 52.9 Å². The number of nitrogens with one attached hydrogen (secondary N) is 3. The van der Waals surface area contributed by atoms with Gasteiger partial charge in [-0.05, 0) is 18.8 Å². The number of hydrogen-bond donors (Lipinski definition) is 3. The lowest BCUT2D eigenvalue weighted by Crippen LogP contribution is -2.45. The molecule has 0 spiro atoms. The zero-order valence-corrected chi connectivity index (χ0v) is 10.9. The van der Waals surface area contributed by atoms with Gasteiger partial charge in [0, 0.05) is 13.1 Å². The summed E-state index contributed by atoms with van der Waals surface area (Å²) in [5.41, 5.74) is 5.48. The minimum Gasteiger partial charge on any atom is -0.337 e. The predicted octanol–water partition coefficient (Wildman–Crippen LogP) is 2.42. The summed E-state index contributed by atoms with van der Waals surface area (Å²) in [7, 11) is 0. The fraction of sp³-hybridized carbons (Fsp3) is 0.917. The van der Waals surface area contributed by atoms with Crippen LogP contribution in [0, 0.1) is 5.92 Å². The molecule has 0 radical (unpaired) electrons. The van der Waals surface area contributed by atoms with Crippen LogP contribution in [0.15, 0.2) is 0 Å². The summed E-state index contributed by atoms with van der Waals surface area (Å²) in [5.74, 6) is 0.608. The van der Waals surface area contributed by atoms with E-state index < -0.39 is 0 Å². The standard InChI is InChI=1S/C12H27N3O/c1-4-7-8-11(6-3)10-13-12(16)15-14-9-5-2/h11,14H,4-10H2,1-3H3,(H2,13,15,16). The van der Waals surface area contributed by atoms with Crippen LogP contribution in [0.1, 0.15) is 52.9 Å². The lowest BCUT2D eigenvalue weighted by atomic mass is 9.99. The number of hydrazine groups is 1. The van der Waals surface area contributed by atoms with E-state index in [-0.39, 0.29) is 6.03 Å². The molecule has 96 valence electrons. The summed E-state index contributed by atoms with van der Waals surface area (Å²) in [5, 5.41) is 2.89. The maximum atomic E-state index is 11.3. The molecule has 0 aliphatic rings. The van der Waals surface area contributed by atoms with Crippen molar-refractivity contribution < 1.29 is 4.79 Å². The number of hydrogen-bond acceptors (Lipinski definition) is 2. The molecule has 0 saturated carbocycles. The van der Waals surface area contributed by atoms with E-state index in [0.717, 1.165) is 25.9 Å². The van der Waals surface area contributed by atoms with Crippen LogP contribution in [-0.2, 0) is 0 Å². The lowest BCUT2D eigenvalue weighted by Gasteiger charge is -2.15. The first kappa shape index (κ1) is 15.2. The van der Waals surface area contributed by atoms with Gasteiger partial charge in [0.2, 0.25) is 0 Å². The largest absolute Gasteiger partial charge is 0.337 e. The van der Waals surface area contributed by atoms with Crippen LogP contribution in [-0.4, -0.2) is 19.1 Å². The van der Waals surface area contributed by atoms with Crippen molar-refractivity contribution >= 4 is 6.03 Å². The highest BCUT2D eigenvalue weighted by atomic mass is 16.2. The van der Waals surface area contributed by atoms with Gasteiger partial charge in [-0.3, -0.25) is 5.43 Å². The van der Waals surface area contributed by atoms with E-state index >= 15 is 0 Å². The molecule has 0 aromatic heterocycles. The van der Waals surface area contributed by atoms with Crippen molar-refractivity contribution in [3.8, 4) is 0 Å². The van der Waals surface area contributed by atoms with Crippen LogP contribution in [0.2, 0.25) is 0 Å². The van der Waals surface area contributed by atoms with Crippen molar-refractivity contribution in [1.82, 2.24) is 16.2 Å². The summed E-state index contributed by atoms with van der Waals surface area (Å²) >= 11 is 0. The van der Waals surface area contributed by atoms with Gasteiger partial charge in [0.15, 0.2) is 0 Å². The summed E-state index contributed by atoms with van der Waals surface area (Å²) < 4.78 is 0. The molecule has 0 aromatic rings. The van der Waals surface area contributed by atoms with E-state index in [1.807, 2.05) is 0 Å². The molecule has 3 N–H and O–H groups in total. The van der Waals surface area contributed by atoms with E-state index in [4.69, 9.17) is 0 Å². The van der Waals surface area contributed by atoms with E-state index in [1.165, 1.54) is 19.3 Å². The Morgan fingerprint density at radius 3 is 2.50 bits per heavy atom. The van der Waals surface area contributed by atoms with Crippen molar-refractivity contribution in [3.05, 3.63) is 0 Å². The molecule has 0 heterocycles. The first-order chi connectivity index (χ1) is 7.74. The lowest BCUT2D eigenvalue weighted by molar-refractivity contribution is 0.233. The number of unbranched alkanes of at least 4 members (excludes halogenated alkanes) is 1. The fourth-order valence-electron chi connectivity index (χ4n) is 1.49. The third kappa shape index (κ3) is 8.53. The Balaban J connectivity index is 3.54. The fourth-order valence-corrected chi connectivity index (χ4v) is 1.49. The molecule has 0 bridgehead atoms. The van der Waals surface area contributed by atoms with Crippen molar-refractivity contribution in [2.75, 3.05) is 13.1 Å². The van der Waals surface area contributed by atoms with Gasteiger partial charge in [-0.15, -0.1) is 0 Å². The molecule has 4 nitrogen and oxygen atoms in total. The Morgan fingerprint density at radius 2 is 1.94 bits per heavy atom. The van der Waals surface area contributed by atoms with E-state index in [1.54, 1.807) is 0 Å². The Morgan fingerprint density at radius 1 is 1.19 bits per heavy atom. The van der Waals surface area contributed by atoms with E-state index in [2.05, 4.69) is 36.9 Å². The summed E-state index contributed by atoms with van der Waals surface area (Å²) in [6.07, 6.45) is 5.81. The maximum Gasteiger partial charge on any atom is 0.329 e. The highest BCUT2D eigenvalue weighted by molar-refractivity contribution is 5.73. The van der Waals surface area contributed by atoms with Crippen LogP contribution in [0.3, 0.4) is 0 Å². The van der Waals surface area contributed by atoms with Gasteiger partial charge in [0.05, 0.1) is 0 Å². The zero-order chi connectivity index (χ0) is 12.2. The Bertz CT molecular complexity index is 174. The molecule has 2 amide bonds. The molecule has 0 saturated heterocycles. The summed E-state index contributed by atoms with van der Waals surface area (Å²) in [6.45, 7) is 8.01. The molecule has 1 atom stereocenters. The Labute approximate surface area is 99.5 Å². The minimum absolute atomic E-state index is 0.122. The maximum absolute atomic E-state index is 11.3. The highest BCUT2D eigenvalue weighted by Crippen LogP contribution is 2.10. The van der Waals surface area contributed by atoms with Crippen LogP contribution in [0.25, 0.3) is 0 Å². The normalized spacial score (nSPS) is 12.2. The average molecular weight is 229 g/mol. The average Bonchev–Trinajstić information content (AvgIpc) is 2.30. The third-order valence-electron chi connectivity index (χ3n) is 2.67. The molecular formula is C12H27N3O. The van der Waals surface area contributed by atoms with Crippen LogP contribution >= 0.6 is 0 Å². The zero-order valence-electron chi connectivity index (χ0n) is 10.9. The monoisotopic (exact) mass is 229 g/mol. The van der Waals surface area contributed by atoms with Gasteiger partial charge < -0.3 is 5.32 Å². The number of amides is 2. The van der Waals surface area contributed by atoms with Crippen molar-refractivity contribution in [1.29, 1.82) is 0 Å². The highest BCUT2D eigenvalue weighted by Gasteiger charge is 2.07. The first-order valence-corrected chi connectivity index (χ1v) is 6.51. The molecular weight excluding hydrogens is 202 g/mol. The number of carbonyl (C=O) groups is 1. The Hall–Kier alpha value is -0.770. The second-order valence-corrected chi connectivity index (χ2v) is 4.18. The van der Waals surface area contributed by atoms with Crippen LogP contribution in [0.4, 0.5) is 4.79 Å². The quantitative estimate of drug-likeness (QED) is 0.420. The van der Waals surface area contributed by atoms with Crippen molar-refractivity contribution in [2.24, 2.45) is 5.92 Å². The van der Waals surface area contributed by atoms with Gasteiger partial charge >= 0.3 is 6.03 Å². The molecule has 1 unspecified atom stereocenters. The van der Waals surface area contributed by atoms with Gasteiger partial charge in [-0.1, -0.05) is 40.0 Å². The molecule has 0 aliphatic carbocycles. The molecule has 0 fully saturated rings. The third-order valence-corrected chi connectivity index (χ3v) is 2.67. The number of rotatable bonds is 9.